The van der Waals surface area contributed by atoms with E-state index >= 15 is 0 Å². The van der Waals surface area contributed by atoms with E-state index in [-0.39, 0.29) is 26.5 Å². The lowest BCUT2D eigenvalue weighted by atomic mass is 10.1. The van der Waals surface area contributed by atoms with Gasteiger partial charge in [-0.3, -0.25) is 9.59 Å². The highest BCUT2D eigenvalue weighted by Gasteiger charge is 2.34. The minimum absolute atomic E-state index is 0.136. The molecule has 6 nitrogen and oxygen atoms in total. The van der Waals surface area contributed by atoms with Crippen LogP contribution < -0.4 is 10.6 Å². The van der Waals surface area contributed by atoms with E-state index < -0.39 is 56.4 Å². The normalized spacial score (nSPS) is 11.3. The molecule has 0 fully saturated rings. The molecule has 3 aromatic carbocycles. The van der Waals surface area contributed by atoms with Gasteiger partial charge in [0.1, 0.15) is 0 Å². The molecule has 0 radical (unpaired) electrons. The number of hydrogen-bond donors (Lipinski definition) is 3. The number of carboxylic acids is 1. The fourth-order valence-corrected chi connectivity index (χ4v) is 5.04. The lowest BCUT2D eigenvalue weighted by molar-refractivity contribution is -0.137. The molecular formula is C23H12Cl5F3N2O4S. The number of rotatable bonds is 7. The molecule has 15 heteroatoms. The lowest BCUT2D eigenvalue weighted by Gasteiger charge is -2.15. The van der Waals surface area contributed by atoms with Crippen molar-refractivity contribution in [3.63, 3.8) is 0 Å². The Labute approximate surface area is 242 Å². The van der Waals surface area contributed by atoms with Crippen molar-refractivity contribution in [2.45, 2.75) is 11.1 Å². The second kappa shape index (κ2) is 12.2. The fraction of sp³-hybridized carbons (Fsp3) is 0.0870. The first kappa shape index (κ1) is 30.2. The number of carbonyl (C=O) groups is 3. The first-order chi connectivity index (χ1) is 17.7. The van der Waals surface area contributed by atoms with E-state index in [1.807, 2.05) is 0 Å². The Morgan fingerprint density at radius 3 is 2.08 bits per heavy atom. The minimum atomic E-state index is -4.73. The van der Waals surface area contributed by atoms with Gasteiger partial charge in [-0.25, -0.2) is 4.79 Å². The third kappa shape index (κ3) is 6.99. The summed E-state index contributed by atoms with van der Waals surface area (Å²) in [5, 5.41) is 12.5. The zero-order chi connectivity index (χ0) is 28.4. The molecule has 0 bridgehead atoms. The van der Waals surface area contributed by atoms with Gasteiger partial charge in [-0.1, -0.05) is 64.1 Å². The molecule has 0 aliphatic rings. The summed E-state index contributed by atoms with van der Waals surface area (Å²) in [5.41, 5.74) is -2.51. The molecule has 0 aliphatic heterocycles. The van der Waals surface area contributed by atoms with Gasteiger partial charge in [-0.05, 0) is 36.4 Å². The van der Waals surface area contributed by atoms with Crippen LogP contribution in [-0.2, 0) is 11.0 Å². The van der Waals surface area contributed by atoms with Gasteiger partial charge in [0.25, 0.3) is 5.91 Å². The number of halogens is 8. The monoisotopic (exact) mass is 644 g/mol. The first-order valence-corrected chi connectivity index (χ1v) is 12.9. The lowest BCUT2D eigenvalue weighted by Crippen LogP contribution is -2.18. The van der Waals surface area contributed by atoms with Crippen molar-refractivity contribution < 1.29 is 32.7 Å². The number of carbonyl (C=O) groups excluding carboxylic acids is 2. The van der Waals surface area contributed by atoms with Gasteiger partial charge >= 0.3 is 12.1 Å². The Morgan fingerprint density at radius 1 is 0.842 bits per heavy atom. The molecule has 0 aromatic heterocycles. The van der Waals surface area contributed by atoms with Crippen molar-refractivity contribution >= 4 is 98.9 Å². The van der Waals surface area contributed by atoms with Gasteiger partial charge in [0.05, 0.1) is 48.2 Å². The summed E-state index contributed by atoms with van der Waals surface area (Å²) in [7, 11) is 0. The van der Waals surface area contributed by atoms with E-state index in [0.29, 0.717) is 11.0 Å². The van der Waals surface area contributed by atoms with Crippen LogP contribution in [0.5, 0.6) is 0 Å². The number of benzene rings is 3. The maximum Gasteiger partial charge on any atom is 0.418 e. The van der Waals surface area contributed by atoms with Gasteiger partial charge in [0.2, 0.25) is 5.91 Å². The number of thioether (sulfide) groups is 1. The smallest absolute Gasteiger partial charge is 0.418 e. The third-order valence-corrected chi connectivity index (χ3v) is 7.76. The topological polar surface area (TPSA) is 95.5 Å². The molecule has 38 heavy (non-hydrogen) atoms. The Hall–Kier alpha value is -2.34. The Kier molecular flexibility index (Phi) is 9.72. The van der Waals surface area contributed by atoms with E-state index in [1.54, 1.807) is 6.07 Å². The second-order valence-corrected chi connectivity index (χ2v) is 10.3. The molecule has 0 atom stereocenters. The van der Waals surface area contributed by atoms with Gasteiger partial charge in [-0.2, -0.15) is 13.2 Å². The highest BCUT2D eigenvalue weighted by Crippen LogP contribution is 2.42. The average Bonchev–Trinajstić information content (AvgIpc) is 2.83. The summed E-state index contributed by atoms with van der Waals surface area (Å²) in [4.78, 5) is 37.4. The van der Waals surface area contributed by atoms with Gasteiger partial charge in [-0.15, -0.1) is 11.8 Å². The largest absolute Gasteiger partial charge is 0.478 e. The zero-order valence-electron chi connectivity index (χ0n) is 18.4. The number of hydrogen-bond acceptors (Lipinski definition) is 4. The number of anilines is 2. The van der Waals surface area contributed by atoms with Crippen LogP contribution in [0.25, 0.3) is 0 Å². The third-order valence-electron chi connectivity index (χ3n) is 4.73. The molecule has 2 amide bonds. The Balaban J connectivity index is 1.75. The molecule has 3 rings (SSSR count). The first-order valence-electron chi connectivity index (χ1n) is 10.0. The SMILES string of the molecule is O=C(CSc1cccc(NC(=O)c2c(Cl)c(Cl)c(Cl)c(Cl)c2C(=O)O)c1)Nc1ccc(Cl)cc1C(F)(F)F. The molecule has 0 aliphatic carbocycles. The maximum atomic E-state index is 13.2. The van der Waals surface area contributed by atoms with Crippen LogP contribution in [0.1, 0.15) is 26.3 Å². The molecule has 0 saturated heterocycles. The van der Waals surface area contributed by atoms with E-state index in [1.165, 1.54) is 24.3 Å². The van der Waals surface area contributed by atoms with E-state index in [4.69, 9.17) is 58.0 Å². The second-order valence-electron chi connectivity index (χ2n) is 7.32. The van der Waals surface area contributed by atoms with Crippen molar-refractivity contribution in [2.24, 2.45) is 0 Å². The zero-order valence-corrected chi connectivity index (χ0v) is 22.9. The van der Waals surface area contributed by atoms with Crippen molar-refractivity contribution in [3.8, 4) is 0 Å². The number of nitrogens with one attached hydrogen (secondary N) is 2. The average molecular weight is 647 g/mol. The Bertz CT molecular complexity index is 1450. The fourth-order valence-electron chi connectivity index (χ4n) is 3.10. The van der Waals surface area contributed by atoms with Crippen LogP contribution in [-0.4, -0.2) is 28.6 Å². The van der Waals surface area contributed by atoms with Crippen molar-refractivity contribution in [1.82, 2.24) is 0 Å². The van der Waals surface area contributed by atoms with Crippen LogP contribution in [0.4, 0.5) is 24.5 Å². The summed E-state index contributed by atoms with van der Waals surface area (Å²) >= 11 is 30.5. The maximum absolute atomic E-state index is 13.2. The molecular weight excluding hydrogens is 635 g/mol. The summed E-state index contributed by atoms with van der Waals surface area (Å²) in [6.45, 7) is 0. The van der Waals surface area contributed by atoms with Gasteiger partial charge in [0.15, 0.2) is 0 Å². The van der Waals surface area contributed by atoms with Crippen LogP contribution in [0, 0.1) is 0 Å². The standard InChI is InChI=1S/C23H12Cl5F3N2O4S/c24-9-4-5-13(12(6-9)23(29,30)31)33-14(34)8-38-11-3-1-2-10(7-11)32-21(35)15-16(22(36)37)18(26)20(28)19(27)17(15)25/h1-7H,8H2,(H,32,35)(H,33,34)(H,36,37). The summed E-state index contributed by atoms with van der Waals surface area (Å²) in [6.07, 6.45) is -4.73. The van der Waals surface area contributed by atoms with Crippen LogP contribution >= 0.6 is 69.8 Å². The molecule has 0 unspecified atom stereocenters. The Morgan fingerprint density at radius 2 is 1.47 bits per heavy atom. The molecule has 0 spiro atoms. The molecule has 3 N–H and O–H groups in total. The van der Waals surface area contributed by atoms with E-state index in [9.17, 15) is 32.7 Å². The molecule has 0 saturated carbocycles. The number of carboxylic acid groups (broad SMARTS) is 1. The minimum Gasteiger partial charge on any atom is -0.478 e. The predicted molar refractivity (Wildman–Crippen MR) is 144 cm³/mol. The van der Waals surface area contributed by atoms with Crippen molar-refractivity contribution in [2.75, 3.05) is 16.4 Å². The van der Waals surface area contributed by atoms with Crippen molar-refractivity contribution in [3.05, 3.63) is 84.3 Å². The van der Waals surface area contributed by atoms with E-state index in [0.717, 1.165) is 17.8 Å². The van der Waals surface area contributed by atoms with Crippen molar-refractivity contribution in [1.29, 1.82) is 0 Å². The van der Waals surface area contributed by atoms with Crippen LogP contribution in [0.2, 0.25) is 25.1 Å². The van der Waals surface area contributed by atoms with Gasteiger partial charge in [0, 0.05) is 15.6 Å². The summed E-state index contributed by atoms with van der Waals surface area (Å²) in [5.74, 6) is -3.50. The molecule has 3 aromatic rings. The number of amides is 2. The predicted octanol–water partition coefficient (Wildman–Crippen LogP) is 8.65. The van der Waals surface area contributed by atoms with E-state index in [2.05, 4.69) is 10.6 Å². The van der Waals surface area contributed by atoms with Crippen LogP contribution in [0.3, 0.4) is 0 Å². The summed E-state index contributed by atoms with van der Waals surface area (Å²) < 4.78 is 39.7. The number of alkyl halides is 3. The summed E-state index contributed by atoms with van der Waals surface area (Å²) in [6, 6.07) is 9.01. The molecule has 200 valence electrons. The molecule has 0 heterocycles. The number of aromatic carboxylic acids is 1. The van der Waals surface area contributed by atoms with Gasteiger partial charge < -0.3 is 15.7 Å². The quantitative estimate of drug-likeness (QED) is 0.136. The highest BCUT2D eigenvalue weighted by molar-refractivity contribution is 8.00. The highest BCUT2D eigenvalue weighted by atomic mass is 35.5. The van der Waals surface area contributed by atoms with Crippen LogP contribution in [0.15, 0.2) is 47.4 Å².